The molecule has 1 atom stereocenters. The van der Waals surface area contributed by atoms with Gasteiger partial charge in [0.1, 0.15) is 5.75 Å². The lowest BCUT2D eigenvalue weighted by atomic mass is 10.0. The van der Waals surface area contributed by atoms with E-state index in [-0.39, 0.29) is 29.9 Å². The molecule has 0 heterocycles. The quantitative estimate of drug-likeness (QED) is 0.126. The van der Waals surface area contributed by atoms with Gasteiger partial charge in [0.25, 0.3) is 5.91 Å². The van der Waals surface area contributed by atoms with Gasteiger partial charge in [0, 0.05) is 16.9 Å². The number of hydrogen-bond donors (Lipinski definition) is 5. The Labute approximate surface area is 271 Å². The van der Waals surface area contributed by atoms with Gasteiger partial charge >= 0.3 is 18.0 Å². The molecule has 4 aromatic rings. The number of esters is 1. The lowest BCUT2D eigenvalue weighted by Crippen LogP contribution is -2.30. The molecule has 47 heavy (non-hydrogen) atoms. The van der Waals surface area contributed by atoms with Gasteiger partial charge in [-0.25, -0.2) is 9.59 Å². The number of anilines is 3. The SMILES string of the molecule is COC(=O)c1ccc(C(=O)N[C@H](CC(=O)O)c2ccc(NC(=O)Cc3ccc(NC(=O)Nc4ccccc4C)c(OC)c3)cc2)cc1. The number of aryl methyl sites for hydroxylation is 1. The highest BCUT2D eigenvalue weighted by Crippen LogP contribution is 2.27. The Morgan fingerprint density at radius 1 is 0.766 bits per heavy atom. The number of carboxylic acids is 1. The molecule has 4 amide bonds. The van der Waals surface area contributed by atoms with E-state index in [4.69, 9.17) is 4.74 Å². The fourth-order valence-corrected chi connectivity index (χ4v) is 4.67. The summed E-state index contributed by atoms with van der Waals surface area (Å²) in [6, 6.07) is 23.3. The minimum Gasteiger partial charge on any atom is -0.495 e. The van der Waals surface area contributed by atoms with Crippen molar-refractivity contribution in [2.24, 2.45) is 0 Å². The number of urea groups is 1. The maximum absolute atomic E-state index is 12.8. The monoisotopic (exact) mass is 638 g/mol. The number of carbonyl (C=O) groups excluding carboxylic acids is 4. The Morgan fingerprint density at radius 2 is 1.43 bits per heavy atom. The van der Waals surface area contributed by atoms with Crippen LogP contribution >= 0.6 is 0 Å². The zero-order chi connectivity index (χ0) is 33.9. The van der Waals surface area contributed by atoms with Gasteiger partial charge in [-0.15, -0.1) is 0 Å². The van der Waals surface area contributed by atoms with Crippen molar-refractivity contribution in [2.45, 2.75) is 25.8 Å². The van der Waals surface area contributed by atoms with Crippen molar-refractivity contribution in [3.05, 3.63) is 119 Å². The maximum Gasteiger partial charge on any atom is 0.337 e. The molecule has 0 bridgehead atoms. The molecule has 0 saturated carbocycles. The number of para-hydroxylation sites is 1. The van der Waals surface area contributed by atoms with Crippen LogP contribution in [0.3, 0.4) is 0 Å². The molecule has 0 unspecified atom stereocenters. The maximum atomic E-state index is 12.8. The number of carbonyl (C=O) groups is 5. The molecule has 0 aliphatic rings. The number of benzene rings is 4. The van der Waals surface area contributed by atoms with Crippen molar-refractivity contribution in [1.82, 2.24) is 5.32 Å². The fourth-order valence-electron chi connectivity index (χ4n) is 4.67. The van der Waals surface area contributed by atoms with E-state index in [1.54, 1.807) is 48.5 Å². The van der Waals surface area contributed by atoms with Gasteiger partial charge in [-0.2, -0.15) is 0 Å². The van der Waals surface area contributed by atoms with Gasteiger partial charge in [-0.05, 0) is 78.2 Å². The number of carboxylic acid groups (broad SMARTS) is 1. The summed E-state index contributed by atoms with van der Waals surface area (Å²) in [6.45, 7) is 1.89. The smallest absolute Gasteiger partial charge is 0.337 e. The summed E-state index contributed by atoms with van der Waals surface area (Å²) in [7, 11) is 2.72. The highest BCUT2D eigenvalue weighted by Gasteiger charge is 2.20. The highest BCUT2D eigenvalue weighted by atomic mass is 16.5. The molecule has 4 aromatic carbocycles. The van der Waals surface area contributed by atoms with Crippen LogP contribution in [-0.4, -0.2) is 49.1 Å². The summed E-state index contributed by atoms with van der Waals surface area (Å²) >= 11 is 0. The van der Waals surface area contributed by atoms with Crippen LogP contribution in [0.5, 0.6) is 5.75 Å². The van der Waals surface area contributed by atoms with Crippen LogP contribution in [0.4, 0.5) is 21.9 Å². The molecule has 5 N–H and O–H groups in total. The third-order valence-electron chi connectivity index (χ3n) is 7.12. The Morgan fingerprint density at radius 3 is 2.06 bits per heavy atom. The van der Waals surface area contributed by atoms with Crippen LogP contribution in [0.2, 0.25) is 0 Å². The Bertz CT molecular complexity index is 1770. The first-order valence-electron chi connectivity index (χ1n) is 14.5. The molecule has 4 rings (SSSR count). The van der Waals surface area contributed by atoms with Crippen molar-refractivity contribution >= 4 is 46.8 Å². The van der Waals surface area contributed by atoms with E-state index in [2.05, 4.69) is 26.0 Å². The van der Waals surface area contributed by atoms with Crippen molar-refractivity contribution in [2.75, 3.05) is 30.2 Å². The zero-order valence-corrected chi connectivity index (χ0v) is 26.0. The molecule has 12 heteroatoms. The second-order valence-corrected chi connectivity index (χ2v) is 10.5. The molecule has 0 spiro atoms. The lowest BCUT2D eigenvalue weighted by Gasteiger charge is -2.18. The second kappa shape index (κ2) is 15.7. The third-order valence-corrected chi connectivity index (χ3v) is 7.12. The lowest BCUT2D eigenvalue weighted by molar-refractivity contribution is -0.137. The van der Waals surface area contributed by atoms with Crippen LogP contribution < -0.4 is 26.0 Å². The fraction of sp³-hybridized carbons (Fsp3) is 0.171. The topological polar surface area (TPSA) is 172 Å². The van der Waals surface area contributed by atoms with E-state index in [1.165, 1.54) is 38.5 Å². The Hall–Kier alpha value is -6.17. The minimum absolute atomic E-state index is 0.0141. The standard InChI is InChI=1S/C35H34N4O8/c1-21-6-4-5-7-27(21)38-35(45)39-28-17-8-22(18-30(28)46-2)19-31(40)36-26-15-13-23(14-16-26)29(20-32(41)42)37-33(43)24-9-11-25(12-10-24)34(44)47-3/h4-18,29H,19-20H2,1-3H3,(H,36,40)(H,37,43)(H,41,42)(H2,38,39,45)/t29-/m1/s1. The van der Waals surface area contributed by atoms with E-state index in [0.717, 1.165) is 5.56 Å². The van der Waals surface area contributed by atoms with E-state index >= 15 is 0 Å². The van der Waals surface area contributed by atoms with Crippen LogP contribution in [0, 0.1) is 6.92 Å². The predicted octanol–water partition coefficient (Wildman–Crippen LogP) is 5.56. The summed E-state index contributed by atoms with van der Waals surface area (Å²) < 4.78 is 10.1. The third kappa shape index (κ3) is 9.41. The average molecular weight is 639 g/mol. The highest BCUT2D eigenvalue weighted by molar-refractivity contribution is 6.01. The number of nitrogens with one attached hydrogen (secondary N) is 4. The summed E-state index contributed by atoms with van der Waals surface area (Å²) in [5.41, 5.74) is 4.16. The zero-order valence-electron chi connectivity index (χ0n) is 26.0. The van der Waals surface area contributed by atoms with Crippen molar-refractivity contribution in [3.63, 3.8) is 0 Å². The first kappa shape index (κ1) is 33.7. The number of ether oxygens (including phenoxy) is 2. The normalized spacial score (nSPS) is 11.0. The summed E-state index contributed by atoms with van der Waals surface area (Å²) in [4.78, 5) is 61.4. The molecular formula is C35H34N4O8. The predicted molar refractivity (Wildman–Crippen MR) is 176 cm³/mol. The molecule has 0 fully saturated rings. The van der Waals surface area contributed by atoms with Gasteiger partial charge < -0.3 is 35.8 Å². The van der Waals surface area contributed by atoms with Gasteiger partial charge in [0.15, 0.2) is 0 Å². The minimum atomic E-state index is -1.11. The molecule has 0 aliphatic carbocycles. The van der Waals surface area contributed by atoms with Crippen LogP contribution in [0.15, 0.2) is 91.0 Å². The van der Waals surface area contributed by atoms with E-state index < -0.39 is 29.9 Å². The molecular weight excluding hydrogens is 604 g/mol. The van der Waals surface area contributed by atoms with Crippen molar-refractivity contribution in [3.8, 4) is 5.75 Å². The molecule has 0 radical (unpaired) electrons. The summed E-state index contributed by atoms with van der Waals surface area (Å²) in [6.07, 6.45) is -0.363. The van der Waals surface area contributed by atoms with Crippen LogP contribution in [-0.2, 0) is 20.7 Å². The second-order valence-electron chi connectivity index (χ2n) is 10.5. The first-order chi connectivity index (χ1) is 22.6. The number of amides is 4. The molecule has 0 aromatic heterocycles. The first-order valence-corrected chi connectivity index (χ1v) is 14.5. The summed E-state index contributed by atoms with van der Waals surface area (Å²) in [5.74, 6) is -2.11. The molecule has 242 valence electrons. The summed E-state index contributed by atoms with van der Waals surface area (Å²) in [5, 5.41) is 20.5. The molecule has 0 aliphatic heterocycles. The Balaban J connectivity index is 1.36. The van der Waals surface area contributed by atoms with Gasteiger partial charge in [-0.1, -0.05) is 36.4 Å². The van der Waals surface area contributed by atoms with Gasteiger partial charge in [-0.3, -0.25) is 14.4 Å². The van der Waals surface area contributed by atoms with Crippen LogP contribution in [0.1, 0.15) is 49.9 Å². The van der Waals surface area contributed by atoms with E-state index in [0.29, 0.717) is 33.9 Å². The van der Waals surface area contributed by atoms with Gasteiger partial charge in [0.05, 0.1) is 44.4 Å². The van der Waals surface area contributed by atoms with E-state index in [9.17, 15) is 29.1 Å². The average Bonchev–Trinajstić information content (AvgIpc) is 3.06. The number of rotatable bonds is 12. The largest absolute Gasteiger partial charge is 0.495 e. The molecule has 12 nitrogen and oxygen atoms in total. The number of aliphatic carboxylic acids is 1. The van der Waals surface area contributed by atoms with Gasteiger partial charge in [0.2, 0.25) is 5.91 Å². The van der Waals surface area contributed by atoms with Crippen molar-refractivity contribution in [1.29, 1.82) is 0 Å². The van der Waals surface area contributed by atoms with Crippen LogP contribution in [0.25, 0.3) is 0 Å². The van der Waals surface area contributed by atoms with Crippen molar-refractivity contribution < 1.29 is 38.6 Å². The molecule has 0 saturated heterocycles. The Kier molecular flexibility index (Phi) is 11.3. The number of hydrogen-bond acceptors (Lipinski definition) is 7. The van der Waals surface area contributed by atoms with E-state index in [1.807, 2.05) is 25.1 Å². The number of methoxy groups -OCH3 is 2.